The Labute approximate surface area is 130 Å². The Morgan fingerprint density at radius 1 is 1.43 bits per heavy atom. The van der Waals surface area contributed by atoms with Crippen molar-refractivity contribution in [2.75, 3.05) is 0 Å². The number of nitrogens with one attached hydrogen (secondary N) is 1. The van der Waals surface area contributed by atoms with Gasteiger partial charge in [0.05, 0.1) is 0 Å². The topological polar surface area (TPSA) is 37.8 Å². The van der Waals surface area contributed by atoms with E-state index >= 15 is 0 Å². The first-order chi connectivity index (χ1) is 9.97. The van der Waals surface area contributed by atoms with Crippen LogP contribution in [0.15, 0.2) is 18.3 Å². The molecule has 0 radical (unpaired) electrons. The molecule has 1 aromatic heterocycles. The molecular formula is C14H12F2N2OS2. The molecule has 0 fully saturated rings. The number of halogens is 2. The lowest BCUT2D eigenvalue weighted by Crippen LogP contribution is -2.22. The van der Waals surface area contributed by atoms with Crippen molar-refractivity contribution in [2.45, 2.75) is 25.3 Å². The third kappa shape index (κ3) is 2.55. The van der Waals surface area contributed by atoms with Crippen LogP contribution in [-0.4, -0.2) is 14.7 Å². The first-order valence-electron chi connectivity index (χ1n) is 6.47. The van der Waals surface area contributed by atoms with Gasteiger partial charge in [0.2, 0.25) is 5.12 Å². The fourth-order valence-electron chi connectivity index (χ4n) is 2.89. The Kier molecular flexibility index (Phi) is 3.71. The third-order valence-electron chi connectivity index (χ3n) is 3.83. The summed E-state index contributed by atoms with van der Waals surface area (Å²) in [5.41, 5.74) is 1.54. The van der Waals surface area contributed by atoms with Crippen molar-refractivity contribution in [2.24, 2.45) is 0 Å². The number of imidazole rings is 1. The second-order valence-corrected chi connectivity index (χ2v) is 5.87. The van der Waals surface area contributed by atoms with Gasteiger partial charge in [-0.3, -0.25) is 4.79 Å². The zero-order valence-corrected chi connectivity index (χ0v) is 12.6. The van der Waals surface area contributed by atoms with Gasteiger partial charge in [0.1, 0.15) is 17.3 Å². The molecule has 0 spiro atoms. The molecule has 3 rings (SSSR count). The van der Waals surface area contributed by atoms with Crippen LogP contribution in [0.2, 0.25) is 0 Å². The van der Waals surface area contributed by atoms with E-state index in [1.807, 2.05) is 0 Å². The number of H-pyrrole nitrogens is 1. The van der Waals surface area contributed by atoms with Gasteiger partial charge in [-0.2, -0.15) is 0 Å². The number of aromatic amines is 1. The second kappa shape index (κ2) is 5.38. The number of carbonyl (C=O) groups excluding carboxylic acids is 1. The Morgan fingerprint density at radius 2 is 2.19 bits per heavy atom. The molecule has 2 aromatic rings. The number of hydrogen-bond donors (Lipinski definition) is 2. The number of fused-ring (bicyclic) bond motifs is 1. The predicted octanol–water partition coefficient (Wildman–Crippen LogP) is 3.62. The number of thiol groups is 1. The van der Waals surface area contributed by atoms with E-state index in [9.17, 15) is 13.6 Å². The highest BCUT2D eigenvalue weighted by molar-refractivity contribution is 7.97. The fraction of sp³-hybridized carbons (Fsp3) is 0.286. The van der Waals surface area contributed by atoms with E-state index in [-0.39, 0.29) is 6.04 Å². The number of nitrogens with zero attached hydrogens (tertiary/aromatic N) is 1. The average Bonchev–Trinajstić information content (AvgIpc) is 2.80. The van der Waals surface area contributed by atoms with Gasteiger partial charge in [-0.05, 0) is 48.7 Å². The Morgan fingerprint density at radius 3 is 2.90 bits per heavy atom. The smallest absolute Gasteiger partial charge is 0.234 e. The number of benzene rings is 1. The van der Waals surface area contributed by atoms with Crippen molar-refractivity contribution in [3.05, 3.63) is 51.6 Å². The normalized spacial score (nSPS) is 17.6. The quantitative estimate of drug-likeness (QED) is 0.653. The minimum atomic E-state index is -0.561. The monoisotopic (exact) mass is 326 g/mol. The average molecular weight is 326 g/mol. The molecule has 1 N–H and O–H groups in total. The van der Waals surface area contributed by atoms with Crippen LogP contribution in [0.5, 0.6) is 0 Å². The van der Waals surface area contributed by atoms with E-state index in [0.717, 1.165) is 6.07 Å². The van der Waals surface area contributed by atoms with Crippen LogP contribution < -0.4 is 0 Å². The number of hydrogen-bond acceptors (Lipinski definition) is 2. The van der Waals surface area contributed by atoms with Crippen LogP contribution in [0.25, 0.3) is 0 Å². The molecule has 110 valence electrons. The van der Waals surface area contributed by atoms with Gasteiger partial charge >= 0.3 is 0 Å². The minimum Gasteiger partial charge on any atom is -0.337 e. The number of carbonyl (C=O) groups is 1. The molecule has 0 saturated carbocycles. The van der Waals surface area contributed by atoms with Crippen LogP contribution in [0.1, 0.15) is 34.1 Å². The zero-order chi connectivity index (χ0) is 15.1. The first kappa shape index (κ1) is 14.5. The summed E-state index contributed by atoms with van der Waals surface area (Å²) in [4.78, 5) is 14.4. The molecule has 3 nitrogen and oxygen atoms in total. The standard InChI is InChI=1S/C14H12F2N2OS2/c15-8-3-7-1-2-9(5-10(7)11(16)4-8)18-12(13(19)20)6-17-14(18)21/h3-4,6,9H,1-2,5H2,(H,17,21)(H,19,20). The van der Waals surface area contributed by atoms with Gasteiger partial charge in [0.25, 0.3) is 0 Å². The van der Waals surface area contributed by atoms with Gasteiger partial charge in [-0.15, -0.1) is 0 Å². The number of rotatable bonds is 2. The van der Waals surface area contributed by atoms with Crippen molar-refractivity contribution in [3.8, 4) is 0 Å². The fourth-order valence-corrected chi connectivity index (χ4v) is 3.37. The third-order valence-corrected chi connectivity index (χ3v) is 4.38. The van der Waals surface area contributed by atoms with Gasteiger partial charge < -0.3 is 9.55 Å². The minimum absolute atomic E-state index is 0.137. The van der Waals surface area contributed by atoms with Crippen molar-refractivity contribution in [1.82, 2.24) is 9.55 Å². The molecule has 1 aromatic carbocycles. The summed E-state index contributed by atoms with van der Waals surface area (Å²) in [5, 5.41) is -0.396. The van der Waals surface area contributed by atoms with Crippen molar-refractivity contribution in [3.63, 3.8) is 0 Å². The van der Waals surface area contributed by atoms with Crippen LogP contribution in [0, 0.1) is 16.4 Å². The molecule has 21 heavy (non-hydrogen) atoms. The van der Waals surface area contributed by atoms with Gasteiger partial charge in [0, 0.05) is 18.3 Å². The molecule has 1 aliphatic carbocycles. The molecule has 1 unspecified atom stereocenters. The van der Waals surface area contributed by atoms with Gasteiger partial charge in [-0.25, -0.2) is 8.78 Å². The molecule has 0 bridgehead atoms. The van der Waals surface area contributed by atoms with Crippen LogP contribution >= 0.6 is 24.8 Å². The van der Waals surface area contributed by atoms with Crippen LogP contribution in [0.4, 0.5) is 8.78 Å². The lowest BCUT2D eigenvalue weighted by atomic mass is 9.87. The molecule has 1 heterocycles. The summed E-state index contributed by atoms with van der Waals surface area (Å²) in [6, 6.07) is 2.13. The number of aromatic nitrogens is 2. The number of aryl methyl sites for hydroxylation is 1. The van der Waals surface area contributed by atoms with E-state index in [4.69, 9.17) is 12.2 Å². The molecular weight excluding hydrogens is 314 g/mol. The predicted molar refractivity (Wildman–Crippen MR) is 80.4 cm³/mol. The Hall–Kier alpha value is -1.47. The van der Waals surface area contributed by atoms with Crippen LogP contribution in [0.3, 0.4) is 0 Å². The summed E-state index contributed by atoms with van der Waals surface area (Å²) in [5.74, 6) is -1.11. The van der Waals surface area contributed by atoms with E-state index in [1.165, 1.54) is 12.3 Å². The molecule has 7 heteroatoms. The van der Waals surface area contributed by atoms with Gasteiger partial charge in [-0.1, -0.05) is 12.6 Å². The Balaban J connectivity index is 2.03. The molecule has 0 amide bonds. The summed E-state index contributed by atoms with van der Waals surface area (Å²) in [6.45, 7) is 0. The van der Waals surface area contributed by atoms with Crippen molar-refractivity contribution >= 4 is 30.0 Å². The molecule has 0 saturated heterocycles. The Bertz CT molecular complexity index is 782. The van der Waals surface area contributed by atoms with E-state index in [0.29, 0.717) is 40.9 Å². The lowest BCUT2D eigenvalue weighted by Gasteiger charge is -2.27. The maximum atomic E-state index is 13.9. The maximum Gasteiger partial charge on any atom is 0.234 e. The largest absolute Gasteiger partial charge is 0.337 e. The van der Waals surface area contributed by atoms with Gasteiger partial charge in [0.15, 0.2) is 4.77 Å². The first-order valence-corrected chi connectivity index (χ1v) is 7.33. The van der Waals surface area contributed by atoms with Crippen molar-refractivity contribution < 1.29 is 13.6 Å². The summed E-state index contributed by atoms with van der Waals surface area (Å²) >= 11 is 9.02. The van der Waals surface area contributed by atoms with Crippen LogP contribution in [-0.2, 0) is 12.8 Å². The summed E-state index contributed by atoms with van der Waals surface area (Å²) < 4.78 is 29.3. The summed E-state index contributed by atoms with van der Waals surface area (Å²) in [7, 11) is 0. The maximum absolute atomic E-state index is 13.9. The highest BCUT2D eigenvalue weighted by atomic mass is 32.1. The van der Waals surface area contributed by atoms with E-state index in [1.54, 1.807) is 4.57 Å². The lowest BCUT2D eigenvalue weighted by molar-refractivity contribution is 0.108. The SMILES string of the molecule is O=C(S)c1c[nH]c(=S)n1C1CCc2cc(F)cc(F)c2C1. The van der Waals surface area contributed by atoms with E-state index in [2.05, 4.69) is 17.6 Å². The molecule has 1 atom stereocenters. The summed E-state index contributed by atoms with van der Waals surface area (Å²) in [6.07, 6.45) is 3.09. The highest BCUT2D eigenvalue weighted by Crippen LogP contribution is 2.32. The highest BCUT2D eigenvalue weighted by Gasteiger charge is 2.26. The molecule has 0 aliphatic heterocycles. The zero-order valence-electron chi connectivity index (χ0n) is 10.9. The molecule has 1 aliphatic rings. The second-order valence-electron chi connectivity index (χ2n) is 5.08. The van der Waals surface area contributed by atoms with E-state index < -0.39 is 16.7 Å². The van der Waals surface area contributed by atoms with Crippen molar-refractivity contribution in [1.29, 1.82) is 0 Å².